The summed E-state index contributed by atoms with van der Waals surface area (Å²) >= 11 is 6.15. The van der Waals surface area contributed by atoms with Crippen LogP contribution in [-0.4, -0.2) is 32.3 Å². The molecule has 0 spiro atoms. The number of nitrogens with one attached hydrogen (secondary N) is 1. The van der Waals surface area contributed by atoms with E-state index in [0.717, 1.165) is 16.7 Å². The minimum absolute atomic E-state index is 0.161. The van der Waals surface area contributed by atoms with Crippen LogP contribution >= 0.6 is 11.6 Å². The Morgan fingerprint density at radius 3 is 2.78 bits per heavy atom. The number of nitrogens with zero attached hydrogens (tertiary/aromatic N) is 4. The molecule has 8 heteroatoms. The van der Waals surface area contributed by atoms with E-state index in [0.29, 0.717) is 29.3 Å². The molecular weight excluding hydrogens is 366 g/mol. The molecule has 2 aromatic carbocycles. The van der Waals surface area contributed by atoms with Crippen molar-refractivity contribution >= 4 is 45.5 Å². The van der Waals surface area contributed by atoms with Crippen molar-refractivity contribution in [2.45, 2.75) is 13.5 Å². The molecule has 0 saturated carbocycles. The van der Waals surface area contributed by atoms with Crippen molar-refractivity contribution in [3.8, 4) is 5.75 Å². The Bertz CT molecular complexity index is 1130. The number of aromatic nitrogens is 4. The summed E-state index contributed by atoms with van der Waals surface area (Å²) in [6.07, 6.45) is 0. The smallest absolute Gasteiger partial charge is 0.251 e. The molecule has 4 rings (SSSR count). The lowest BCUT2D eigenvalue weighted by atomic mass is 10.2. The maximum absolute atomic E-state index is 11.3. The summed E-state index contributed by atoms with van der Waals surface area (Å²) in [5, 5.41) is 12.3. The van der Waals surface area contributed by atoms with Gasteiger partial charge in [-0.1, -0.05) is 29.8 Å². The number of hydrogen-bond donors (Lipinski definition) is 1. The number of para-hydroxylation sites is 1. The van der Waals surface area contributed by atoms with Crippen LogP contribution in [0.1, 0.15) is 6.92 Å². The van der Waals surface area contributed by atoms with E-state index in [1.54, 1.807) is 0 Å². The van der Waals surface area contributed by atoms with Crippen LogP contribution in [0.2, 0.25) is 5.02 Å². The number of carbonyl (C=O) groups excluding carboxylic acids is 1. The van der Waals surface area contributed by atoms with Gasteiger partial charge >= 0.3 is 0 Å². The minimum atomic E-state index is -0.255. The average Bonchev–Trinajstić information content (AvgIpc) is 2.95. The molecule has 0 radical (unpaired) electrons. The highest BCUT2D eigenvalue weighted by atomic mass is 35.5. The van der Waals surface area contributed by atoms with E-state index in [1.165, 1.54) is 6.92 Å². The van der Waals surface area contributed by atoms with Gasteiger partial charge in [-0.15, -0.1) is 10.2 Å². The SMILES string of the molecule is CC(=O)Nc1nnc2c3cc(Cl)ccc3n(CCOc3ccccc3)c2n1. The van der Waals surface area contributed by atoms with Crippen molar-refractivity contribution in [1.29, 1.82) is 0 Å². The number of benzene rings is 2. The van der Waals surface area contributed by atoms with Gasteiger partial charge in [0.25, 0.3) is 5.95 Å². The number of ether oxygens (including phenoxy) is 1. The normalized spacial score (nSPS) is 11.0. The molecular formula is C19H16ClN5O2. The largest absolute Gasteiger partial charge is 0.492 e. The maximum Gasteiger partial charge on any atom is 0.251 e. The molecule has 0 aliphatic heterocycles. The fourth-order valence-electron chi connectivity index (χ4n) is 2.94. The molecule has 2 aromatic heterocycles. The Morgan fingerprint density at radius 2 is 2.00 bits per heavy atom. The van der Waals surface area contributed by atoms with Crippen LogP contribution in [0.15, 0.2) is 48.5 Å². The molecule has 136 valence electrons. The molecule has 0 bridgehead atoms. The number of carbonyl (C=O) groups is 1. The summed E-state index contributed by atoms with van der Waals surface area (Å²) < 4.78 is 7.81. The van der Waals surface area contributed by atoms with Gasteiger partial charge in [-0.3, -0.25) is 10.1 Å². The fraction of sp³-hybridized carbons (Fsp3) is 0.158. The van der Waals surface area contributed by atoms with Gasteiger partial charge in [-0.25, -0.2) is 0 Å². The second kappa shape index (κ2) is 7.20. The molecule has 0 atom stereocenters. The Labute approximate surface area is 159 Å². The summed E-state index contributed by atoms with van der Waals surface area (Å²) in [6, 6.07) is 15.2. The van der Waals surface area contributed by atoms with E-state index in [2.05, 4.69) is 20.5 Å². The number of halogens is 1. The maximum atomic E-state index is 11.3. The van der Waals surface area contributed by atoms with Crippen LogP contribution in [0.4, 0.5) is 5.95 Å². The van der Waals surface area contributed by atoms with Crippen LogP contribution in [0.3, 0.4) is 0 Å². The Balaban J connectivity index is 1.74. The zero-order valence-electron chi connectivity index (χ0n) is 14.5. The van der Waals surface area contributed by atoms with Crippen molar-refractivity contribution in [3.63, 3.8) is 0 Å². The first-order valence-electron chi connectivity index (χ1n) is 8.39. The lowest BCUT2D eigenvalue weighted by molar-refractivity contribution is -0.114. The number of anilines is 1. The van der Waals surface area contributed by atoms with Gasteiger partial charge in [-0.05, 0) is 30.3 Å². The Morgan fingerprint density at radius 1 is 1.19 bits per heavy atom. The highest BCUT2D eigenvalue weighted by molar-refractivity contribution is 6.31. The molecule has 1 amide bonds. The van der Waals surface area contributed by atoms with Crippen molar-refractivity contribution in [1.82, 2.24) is 19.7 Å². The summed E-state index contributed by atoms with van der Waals surface area (Å²) in [4.78, 5) is 15.8. The van der Waals surface area contributed by atoms with Gasteiger partial charge in [0.15, 0.2) is 5.65 Å². The number of rotatable bonds is 5. The minimum Gasteiger partial charge on any atom is -0.492 e. The molecule has 0 fully saturated rings. The summed E-state index contributed by atoms with van der Waals surface area (Å²) in [5.41, 5.74) is 2.16. The summed E-state index contributed by atoms with van der Waals surface area (Å²) in [7, 11) is 0. The average molecular weight is 382 g/mol. The first-order valence-corrected chi connectivity index (χ1v) is 8.77. The lowest BCUT2D eigenvalue weighted by Crippen LogP contribution is -2.12. The summed E-state index contributed by atoms with van der Waals surface area (Å²) in [6.45, 7) is 2.40. The van der Waals surface area contributed by atoms with E-state index in [9.17, 15) is 4.79 Å². The Kier molecular flexibility index (Phi) is 4.60. The predicted octanol–water partition coefficient (Wildman–Crippen LogP) is 3.67. The molecule has 0 unspecified atom stereocenters. The van der Waals surface area contributed by atoms with Crippen LogP contribution in [0, 0.1) is 0 Å². The molecule has 2 heterocycles. The quantitative estimate of drug-likeness (QED) is 0.570. The molecule has 27 heavy (non-hydrogen) atoms. The highest BCUT2D eigenvalue weighted by Gasteiger charge is 2.15. The fourth-order valence-corrected chi connectivity index (χ4v) is 3.11. The third kappa shape index (κ3) is 3.54. The van der Waals surface area contributed by atoms with Crippen molar-refractivity contribution < 1.29 is 9.53 Å². The first-order chi connectivity index (χ1) is 13.1. The van der Waals surface area contributed by atoms with Crippen LogP contribution in [0.25, 0.3) is 22.1 Å². The van der Waals surface area contributed by atoms with Crippen LogP contribution in [-0.2, 0) is 11.3 Å². The van der Waals surface area contributed by atoms with Crippen LogP contribution in [0.5, 0.6) is 5.75 Å². The molecule has 7 nitrogen and oxygen atoms in total. The molecule has 4 aromatic rings. The van der Waals surface area contributed by atoms with Gasteiger partial charge in [0.1, 0.15) is 17.9 Å². The number of hydrogen-bond acceptors (Lipinski definition) is 5. The van der Waals surface area contributed by atoms with Crippen molar-refractivity contribution in [3.05, 3.63) is 53.6 Å². The van der Waals surface area contributed by atoms with E-state index in [-0.39, 0.29) is 11.9 Å². The zero-order chi connectivity index (χ0) is 18.8. The van der Waals surface area contributed by atoms with E-state index in [1.807, 2.05) is 53.1 Å². The Hall–Kier alpha value is -3.19. The highest BCUT2D eigenvalue weighted by Crippen LogP contribution is 2.29. The lowest BCUT2D eigenvalue weighted by Gasteiger charge is -2.09. The second-order valence-corrected chi connectivity index (χ2v) is 6.40. The van der Waals surface area contributed by atoms with Gasteiger partial charge in [0.05, 0.1) is 12.1 Å². The van der Waals surface area contributed by atoms with Crippen molar-refractivity contribution in [2.24, 2.45) is 0 Å². The van der Waals surface area contributed by atoms with Gasteiger partial charge in [0, 0.05) is 17.3 Å². The van der Waals surface area contributed by atoms with Crippen molar-refractivity contribution in [2.75, 3.05) is 11.9 Å². The van der Waals surface area contributed by atoms with E-state index in [4.69, 9.17) is 16.3 Å². The number of fused-ring (bicyclic) bond motifs is 3. The monoisotopic (exact) mass is 381 g/mol. The molecule has 1 N–H and O–H groups in total. The third-order valence-corrected chi connectivity index (χ3v) is 4.28. The first kappa shape index (κ1) is 17.2. The number of amides is 1. The molecule has 0 aliphatic carbocycles. The standard InChI is InChI=1S/C19H16ClN5O2/c1-12(26)21-19-22-18-17(23-24-19)15-11-13(20)7-8-16(15)25(18)9-10-27-14-5-3-2-4-6-14/h2-8,11H,9-10H2,1H3,(H,21,22,24,26). The van der Waals surface area contributed by atoms with Gasteiger partial charge < -0.3 is 9.30 Å². The second-order valence-electron chi connectivity index (χ2n) is 5.96. The predicted molar refractivity (Wildman–Crippen MR) is 104 cm³/mol. The van der Waals surface area contributed by atoms with Crippen LogP contribution < -0.4 is 10.1 Å². The van der Waals surface area contributed by atoms with E-state index < -0.39 is 0 Å². The third-order valence-electron chi connectivity index (χ3n) is 4.04. The van der Waals surface area contributed by atoms with E-state index >= 15 is 0 Å². The topological polar surface area (TPSA) is 81.9 Å². The summed E-state index contributed by atoms with van der Waals surface area (Å²) in [5.74, 6) is 0.705. The molecule has 0 aliphatic rings. The zero-order valence-corrected chi connectivity index (χ0v) is 15.3. The van der Waals surface area contributed by atoms with Gasteiger partial charge in [0.2, 0.25) is 5.91 Å². The molecule has 0 saturated heterocycles. The van der Waals surface area contributed by atoms with Gasteiger partial charge in [-0.2, -0.15) is 4.98 Å².